The molecule has 0 radical (unpaired) electrons. The van der Waals surface area contributed by atoms with E-state index in [4.69, 9.17) is 28.4 Å². The maximum atomic E-state index is 10.6. The van der Waals surface area contributed by atoms with E-state index in [9.17, 15) is 4.79 Å². The monoisotopic (exact) mass is 694 g/mol. The highest BCUT2D eigenvalue weighted by Crippen LogP contribution is 2.32. The van der Waals surface area contributed by atoms with Crippen LogP contribution in [0.15, 0.2) is 121 Å². The number of hydrogen-bond acceptors (Lipinski definition) is 7. The van der Waals surface area contributed by atoms with E-state index < -0.39 is 30.7 Å². The first-order valence-electron chi connectivity index (χ1n) is 18.6. The fourth-order valence-electron chi connectivity index (χ4n) is 6.29. The lowest BCUT2D eigenvalue weighted by Gasteiger charge is -2.46. The van der Waals surface area contributed by atoms with Crippen molar-refractivity contribution >= 4 is 6.29 Å². The third-order valence-corrected chi connectivity index (χ3v) is 9.09. The van der Waals surface area contributed by atoms with Crippen LogP contribution in [0.1, 0.15) is 73.6 Å². The highest BCUT2D eigenvalue weighted by Gasteiger charge is 2.49. The maximum Gasteiger partial charge on any atom is 0.186 e. The summed E-state index contributed by atoms with van der Waals surface area (Å²) in [4.78, 5) is 10.6. The first kappa shape index (κ1) is 38.5. The number of unbranched alkanes of at least 4 members (excludes halogenated alkanes) is 7. The van der Waals surface area contributed by atoms with Crippen molar-refractivity contribution in [3.05, 3.63) is 144 Å². The van der Waals surface area contributed by atoms with Crippen LogP contribution >= 0.6 is 0 Å². The minimum absolute atomic E-state index is 0.301. The van der Waals surface area contributed by atoms with Crippen molar-refractivity contribution in [3.8, 4) is 0 Å². The topological polar surface area (TPSA) is 72.5 Å². The number of carbonyl (C=O) groups is 1. The molecular formula is C44H54O7. The Morgan fingerprint density at radius 2 is 0.902 bits per heavy atom. The van der Waals surface area contributed by atoms with Crippen molar-refractivity contribution in [3.63, 3.8) is 0 Å². The van der Waals surface area contributed by atoms with Crippen LogP contribution in [0, 0.1) is 0 Å². The van der Waals surface area contributed by atoms with Crippen molar-refractivity contribution < 1.29 is 33.2 Å². The number of rotatable bonds is 24. The molecule has 51 heavy (non-hydrogen) atoms. The predicted octanol–water partition coefficient (Wildman–Crippen LogP) is 9.02. The van der Waals surface area contributed by atoms with Crippen LogP contribution < -0.4 is 0 Å². The molecular weight excluding hydrogens is 640 g/mol. The standard InChI is InChI=1S/C44H54O7/c45-29-19-5-3-1-2-4-6-20-30-47-44-43(50-34-39-27-17-10-18-28-39)42(49-33-38-25-15-9-16-26-38)41(48-32-37-23-13-8-14-24-37)40(51-44)35-46-31-36-21-11-7-12-22-36/h7-18,21-29,40-44H,1-6,19-20,30-35H2/t40-,41-,42+,43-,44-/m1/s1. The van der Waals surface area contributed by atoms with Gasteiger partial charge in [0.2, 0.25) is 0 Å². The quantitative estimate of drug-likeness (QED) is 0.0536. The predicted molar refractivity (Wildman–Crippen MR) is 199 cm³/mol. The number of carbonyl (C=O) groups excluding carboxylic acids is 1. The third-order valence-electron chi connectivity index (χ3n) is 9.09. The molecule has 5 rings (SSSR count). The largest absolute Gasteiger partial charge is 0.374 e. The number of ether oxygens (including phenoxy) is 6. The molecule has 7 heteroatoms. The van der Waals surface area contributed by atoms with Crippen molar-refractivity contribution in [2.45, 2.75) is 108 Å². The zero-order chi connectivity index (χ0) is 35.2. The number of hydrogen-bond donors (Lipinski definition) is 0. The second-order valence-corrected chi connectivity index (χ2v) is 13.1. The van der Waals surface area contributed by atoms with Crippen LogP contribution in [0.4, 0.5) is 0 Å². The molecule has 272 valence electrons. The van der Waals surface area contributed by atoms with Crippen LogP contribution in [0.2, 0.25) is 0 Å². The molecule has 0 aliphatic carbocycles. The van der Waals surface area contributed by atoms with Crippen molar-refractivity contribution in [2.24, 2.45) is 0 Å². The first-order chi connectivity index (χ1) is 25.3. The van der Waals surface area contributed by atoms with E-state index in [1.54, 1.807) is 0 Å². The van der Waals surface area contributed by atoms with Gasteiger partial charge in [-0.1, -0.05) is 153 Å². The molecule has 1 aliphatic rings. The fraction of sp³-hybridized carbons (Fsp3) is 0.432. The number of benzene rings is 4. The van der Waals surface area contributed by atoms with Gasteiger partial charge in [-0.15, -0.1) is 0 Å². The van der Waals surface area contributed by atoms with E-state index >= 15 is 0 Å². The van der Waals surface area contributed by atoms with Gasteiger partial charge in [0, 0.05) is 13.0 Å². The summed E-state index contributed by atoms with van der Waals surface area (Å²) < 4.78 is 39.9. The maximum absolute atomic E-state index is 10.6. The molecule has 5 atom stereocenters. The van der Waals surface area contributed by atoms with E-state index in [0.29, 0.717) is 46.1 Å². The summed E-state index contributed by atoms with van der Waals surface area (Å²) in [5.41, 5.74) is 4.27. The Morgan fingerprint density at radius 1 is 0.471 bits per heavy atom. The minimum atomic E-state index is -0.681. The van der Waals surface area contributed by atoms with Gasteiger partial charge >= 0.3 is 0 Å². The van der Waals surface area contributed by atoms with Gasteiger partial charge in [0.05, 0.1) is 33.0 Å². The lowest BCUT2D eigenvalue weighted by atomic mass is 9.97. The van der Waals surface area contributed by atoms with Gasteiger partial charge < -0.3 is 33.2 Å². The zero-order valence-corrected chi connectivity index (χ0v) is 29.8. The summed E-state index contributed by atoms with van der Waals surface area (Å²) >= 11 is 0. The summed E-state index contributed by atoms with van der Waals surface area (Å²) in [5.74, 6) is 0. The Morgan fingerprint density at radius 3 is 1.41 bits per heavy atom. The molecule has 1 aliphatic heterocycles. The molecule has 7 nitrogen and oxygen atoms in total. The lowest BCUT2D eigenvalue weighted by molar-refractivity contribution is -0.328. The van der Waals surface area contributed by atoms with Crippen molar-refractivity contribution in [1.82, 2.24) is 0 Å². The molecule has 1 saturated heterocycles. The van der Waals surface area contributed by atoms with Crippen molar-refractivity contribution in [1.29, 1.82) is 0 Å². The summed E-state index contributed by atoms with van der Waals surface area (Å²) in [6, 6.07) is 40.6. The molecule has 4 aromatic rings. The second-order valence-electron chi connectivity index (χ2n) is 13.1. The minimum Gasteiger partial charge on any atom is -0.374 e. The summed E-state index contributed by atoms with van der Waals surface area (Å²) in [5, 5.41) is 0. The molecule has 1 fully saturated rings. The molecule has 0 spiro atoms. The van der Waals surface area contributed by atoms with Crippen LogP contribution in [-0.4, -0.2) is 50.2 Å². The highest BCUT2D eigenvalue weighted by atomic mass is 16.7. The van der Waals surface area contributed by atoms with Gasteiger partial charge in [0.1, 0.15) is 30.7 Å². The SMILES string of the molecule is O=CCCCCCCCCCO[C@@H]1O[C@H](COCc2ccccc2)[C@@H](OCc2ccccc2)[C@H](OCc2ccccc2)[C@H]1OCc1ccccc1. The van der Waals surface area contributed by atoms with Gasteiger partial charge in [-0.2, -0.15) is 0 Å². The Hall–Kier alpha value is -3.69. The molecule has 1 heterocycles. The van der Waals surface area contributed by atoms with Crippen LogP contribution in [0.5, 0.6) is 0 Å². The van der Waals surface area contributed by atoms with Crippen molar-refractivity contribution in [2.75, 3.05) is 13.2 Å². The van der Waals surface area contributed by atoms with E-state index in [-0.39, 0.29) is 0 Å². The molecule has 0 amide bonds. The van der Waals surface area contributed by atoms with E-state index in [2.05, 4.69) is 48.5 Å². The normalized spacial score (nSPS) is 20.3. The Labute approximate surface area is 304 Å². The Kier molecular flexibility index (Phi) is 17.4. The third kappa shape index (κ3) is 13.8. The zero-order valence-electron chi connectivity index (χ0n) is 29.8. The van der Waals surface area contributed by atoms with Gasteiger partial charge in [0.15, 0.2) is 6.29 Å². The average Bonchev–Trinajstić information content (AvgIpc) is 3.18. The Balaban J connectivity index is 1.33. The summed E-state index contributed by atoms with van der Waals surface area (Å²) in [6.45, 7) is 2.45. The highest BCUT2D eigenvalue weighted by molar-refractivity contribution is 5.48. The smallest absolute Gasteiger partial charge is 0.186 e. The van der Waals surface area contributed by atoms with Gasteiger partial charge in [0.25, 0.3) is 0 Å². The molecule has 0 aromatic heterocycles. The first-order valence-corrected chi connectivity index (χ1v) is 18.6. The molecule has 0 unspecified atom stereocenters. The Bertz CT molecular complexity index is 1450. The summed E-state index contributed by atoms with van der Waals surface area (Å²) in [7, 11) is 0. The van der Waals surface area contributed by atoms with Crippen LogP contribution in [-0.2, 0) is 59.6 Å². The van der Waals surface area contributed by atoms with Gasteiger partial charge in [-0.3, -0.25) is 0 Å². The second kappa shape index (κ2) is 23.0. The summed E-state index contributed by atoms with van der Waals surface area (Å²) in [6.07, 6.45) is 6.50. The molecule has 0 N–H and O–H groups in total. The fourth-order valence-corrected chi connectivity index (χ4v) is 6.29. The van der Waals surface area contributed by atoms with Gasteiger partial charge in [-0.25, -0.2) is 0 Å². The molecule has 4 aromatic carbocycles. The number of aldehydes is 1. The average molecular weight is 695 g/mol. The van der Waals surface area contributed by atoms with Crippen LogP contribution in [0.3, 0.4) is 0 Å². The lowest BCUT2D eigenvalue weighted by Crippen LogP contribution is -2.61. The van der Waals surface area contributed by atoms with E-state index in [1.807, 2.05) is 72.8 Å². The van der Waals surface area contributed by atoms with E-state index in [0.717, 1.165) is 73.5 Å². The molecule has 0 saturated carbocycles. The molecule has 0 bridgehead atoms. The van der Waals surface area contributed by atoms with Crippen LogP contribution in [0.25, 0.3) is 0 Å². The van der Waals surface area contributed by atoms with E-state index in [1.165, 1.54) is 0 Å². The van der Waals surface area contributed by atoms with Gasteiger partial charge in [-0.05, 0) is 35.1 Å².